The summed E-state index contributed by atoms with van der Waals surface area (Å²) >= 11 is 9.67. The van der Waals surface area contributed by atoms with E-state index in [1.807, 2.05) is 6.92 Å². The summed E-state index contributed by atoms with van der Waals surface area (Å²) in [5.74, 6) is 0. The molecule has 0 radical (unpaired) electrons. The number of nitrogens with one attached hydrogen (secondary N) is 1. The van der Waals surface area contributed by atoms with Gasteiger partial charge in [-0.2, -0.15) is 0 Å². The van der Waals surface area contributed by atoms with Crippen molar-refractivity contribution >= 4 is 38.4 Å². The fourth-order valence-electron chi connectivity index (χ4n) is 1.93. The number of rotatable bonds is 3. The Hall–Kier alpha value is -0.510. The van der Waals surface area contributed by atoms with E-state index in [1.54, 1.807) is 0 Å². The third kappa shape index (κ3) is 1.99. The number of nitrogens with two attached hydrogens (primary N) is 1. The van der Waals surface area contributed by atoms with Crippen LogP contribution in [0, 0.1) is 6.92 Å². The topological polar surface area (TPSA) is 41.8 Å². The van der Waals surface area contributed by atoms with Crippen LogP contribution in [0.1, 0.15) is 17.5 Å². The van der Waals surface area contributed by atoms with E-state index >= 15 is 0 Å². The highest BCUT2D eigenvalue weighted by Gasteiger charge is 2.11. The van der Waals surface area contributed by atoms with Crippen molar-refractivity contribution in [3.63, 3.8) is 0 Å². The van der Waals surface area contributed by atoms with Crippen molar-refractivity contribution in [2.24, 2.45) is 5.73 Å². The molecule has 2 aromatic rings. The molecule has 0 spiro atoms. The molecule has 0 unspecified atom stereocenters. The first-order chi connectivity index (χ1) is 7.65. The molecule has 3 N–H and O–H groups in total. The Bertz CT molecular complexity index is 519. The maximum atomic E-state index is 6.18. The van der Waals surface area contributed by atoms with Crippen molar-refractivity contribution in [2.45, 2.75) is 19.8 Å². The number of aromatic nitrogens is 1. The second-order valence-corrected chi connectivity index (χ2v) is 5.16. The van der Waals surface area contributed by atoms with E-state index in [-0.39, 0.29) is 0 Å². The van der Waals surface area contributed by atoms with Gasteiger partial charge in [-0.3, -0.25) is 0 Å². The van der Waals surface area contributed by atoms with Crippen molar-refractivity contribution in [2.75, 3.05) is 6.54 Å². The highest BCUT2D eigenvalue weighted by Crippen LogP contribution is 2.34. The minimum absolute atomic E-state index is 0.723. The molecule has 1 aromatic carbocycles. The van der Waals surface area contributed by atoms with Gasteiger partial charge in [0.15, 0.2) is 0 Å². The molecule has 0 aliphatic carbocycles. The van der Waals surface area contributed by atoms with E-state index in [4.69, 9.17) is 17.3 Å². The Morgan fingerprint density at radius 1 is 1.50 bits per heavy atom. The van der Waals surface area contributed by atoms with Crippen molar-refractivity contribution in [1.29, 1.82) is 0 Å². The SMILES string of the molecule is Cc1c(Cl)c(Br)cc2c(CCCN)c[nH]c12. The summed E-state index contributed by atoms with van der Waals surface area (Å²) < 4.78 is 0.952. The number of halogens is 2. The zero-order valence-electron chi connectivity index (χ0n) is 9.11. The standard InChI is InChI=1S/C12H14BrClN2/c1-7-11(14)10(13)5-9-8(3-2-4-15)6-16-12(7)9/h5-6,16H,2-4,15H2,1H3. The van der Waals surface area contributed by atoms with Crippen molar-refractivity contribution in [3.8, 4) is 0 Å². The molecule has 1 heterocycles. The van der Waals surface area contributed by atoms with E-state index in [1.165, 1.54) is 10.9 Å². The van der Waals surface area contributed by atoms with Crippen LogP contribution in [0.5, 0.6) is 0 Å². The number of H-pyrrole nitrogens is 1. The molecule has 16 heavy (non-hydrogen) atoms. The molecule has 86 valence electrons. The van der Waals surface area contributed by atoms with Crippen LogP contribution in [-0.4, -0.2) is 11.5 Å². The molecule has 0 amide bonds. The number of benzene rings is 1. The van der Waals surface area contributed by atoms with Gasteiger partial charge in [0.1, 0.15) is 0 Å². The highest BCUT2D eigenvalue weighted by atomic mass is 79.9. The minimum Gasteiger partial charge on any atom is -0.361 e. The van der Waals surface area contributed by atoms with Crippen molar-refractivity contribution in [1.82, 2.24) is 4.98 Å². The predicted octanol–water partition coefficient (Wildman–Crippen LogP) is 3.78. The normalized spacial score (nSPS) is 11.2. The molecule has 2 nitrogen and oxygen atoms in total. The lowest BCUT2D eigenvalue weighted by Crippen LogP contribution is -1.99. The average Bonchev–Trinajstić information content (AvgIpc) is 2.66. The average molecular weight is 302 g/mol. The molecule has 0 atom stereocenters. The Morgan fingerprint density at radius 3 is 2.94 bits per heavy atom. The van der Waals surface area contributed by atoms with Gasteiger partial charge in [-0.05, 0) is 59.4 Å². The second kappa shape index (κ2) is 4.78. The molecule has 0 fully saturated rings. The maximum Gasteiger partial charge on any atom is 0.0598 e. The fraction of sp³-hybridized carbons (Fsp3) is 0.333. The largest absolute Gasteiger partial charge is 0.361 e. The Morgan fingerprint density at radius 2 is 2.25 bits per heavy atom. The smallest absolute Gasteiger partial charge is 0.0598 e. The minimum atomic E-state index is 0.723. The summed E-state index contributed by atoms with van der Waals surface area (Å²) in [6.07, 6.45) is 4.06. The first kappa shape index (κ1) is 12.0. The van der Waals surface area contributed by atoms with Crippen LogP contribution in [0.4, 0.5) is 0 Å². The van der Waals surface area contributed by atoms with Crippen molar-refractivity contribution < 1.29 is 0 Å². The summed E-state index contributed by atoms with van der Waals surface area (Å²) in [5.41, 5.74) is 9.05. The first-order valence-corrected chi connectivity index (χ1v) is 6.47. The molecule has 0 bridgehead atoms. The molecular weight excluding hydrogens is 288 g/mol. The Labute approximate surface area is 108 Å². The Kier molecular flexibility index (Phi) is 3.57. The van der Waals surface area contributed by atoms with Gasteiger partial charge >= 0.3 is 0 Å². The summed E-state index contributed by atoms with van der Waals surface area (Å²) in [6.45, 7) is 2.75. The first-order valence-electron chi connectivity index (χ1n) is 5.29. The number of hydrogen-bond donors (Lipinski definition) is 2. The fourth-order valence-corrected chi connectivity index (χ4v) is 2.60. The molecule has 2 rings (SSSR count). The van der Waals surface area contributed by atoms with Gasteiger partial charge in [0, 0.05) is 16.1 Å². The molecule has 1 aromatic heterocycles. The van der Waals surface area contributed by atoms with Crippen LogP contribution in [0.3, 0.4) is 0 Å². The Balaban J connectivity index is 2.55. The number of hydrogen-bond acceptors (Lipinski definition) is 1. The highest BCUT2D eigenvalue weighted by molar-refractivity contribution is 9.10. The molecule has 0 saturated heterocycles. The van der Waals surface area contributed by atoms with Gasteiger partial charge in [0.25, 0.3) is 0 Å². The molecular formula is C12H14BrClN2. The van der Waals surface area contributed by atoms with Crippen LogP contribution >= 0.6 is 27.5 Å². The quantitative estimate of drug-likeness (QED) is 0.890. The van der Waals surface area contributed by atoms with E-state index < -0.39 is 0 Å². The van der Waals surface area contributed by atoms with Crippen LogP contribution in [0.25, 0.3) is 10.9 Å². The van der Waals surface area contributed by atoms with Gasteiger partial charge in [-0.1, -0.05) is 11.6 Å². The van der Waals surface area contributed by atoms with Crippen LogP contribution in [0.2, 0.25) is 5.02 Å². The van der Waals surface area contributed by atoms with Crippen LogP contribution < -0.4 is 5.73 Å². The number of fused-ring (bicyclic) bond motifs is 1. The van der Waals surface area contributed by atoms with Crippen LogP contribution in [0.15, 0.2) is 16.7 Å². The summed E-state index contributed by atoms with van der Waals surface area (Å²) in [4.78, 5) is 3.29. The summed E-state index contributed by atoms with van der Waals surface area (Å²) in [6, 6.07) is 2.08. The van der Waals surface area contributed by atoms with Gasteiger partial charge in [0.05, 0.1) is 10.5 Å². The number of aryl methyl sites for hydroxylation is 2. The van der Waals surface area contributed by atoms with Gasteiger partial charge < -0.3 is 10.7 Å². The van der Waals surface area contributed by atoms with Gasteiger partial charge in [0.2, 0.25) is 0 Å². The molecule has 4 heteroatoms. The summed E-state index contributed by atoms with van der Waals surface area (Å²) in [7, 11) is 0. The predicted molar refractivity (Wildman–Crippen MR) is 73.1 cm³/mol. The third-order valence-corrected chi connectivity index (χ3v) is 4.18. The lowest BCUT2D eigenvalue weighted by atomic mass is 10.1. The molecule has 0 saturated carbocycles. The van der Waals surface area contributed by atoms with E-state index in [9.17, 15) is 0 Å². The van der Waals surface area contributed by atoms with E-state index in [0.29, 0.717) is 0 Å². The third-order valence-electron chi connectivity index (χ3n) is 2.84. The van der Waals surface area contributed by atoms with Gasteiger partial charge in [-0.15, -0.1) is 0 Å². The van der Waals surface area contributed by atoms with E-state index in [2.05, 4.69) is 33.2 Å². The summed E-state index contributed by atoms with van der Waals surface area (Å²) in [5, 5.41) is 2.02. The van der Waals surface area contributed by atoms with E-state index in [0.717, 1.165) is 40.0 Å². The van der Waals surface area contributed by atoms with Crippen LogP contribution in [-0.2, 0) is 6.42 Å². The van der Waals surface area contributed by atoms with Gasteiger partial charge in [-0.25, -0.2) is 0 Å². The molecule has 0 aliphatic rings. The molecule has 0 aliphatic heterocycles. The maximum absolute atomic E-state index is 6.18. The zero-order valence-corrected chi connectivity index (χ0v) is 11.5. The lowest BCUT2D eigenvalue weighted by molar-refractivity contribution is 0.837. The number of aromatic amines is 1. The second-order valence-electron chi connectivity index (χ2n) is 3.93. The monoisotopic (exact) mass is 300 g/mol. The zero-order chi connectivity index (χ0) is 11.7. The van der Waals surface area contributed by atoms with Crippen molar-refractivity contribution in [3.05, 3.63) is 32.9 Å². The lowest BCUT2D eigenvalue weighted by Gasteiger charge is -2.04.